The number of piperidine rings is 1. The maximum atomic E-state index is 9.12. The number of aliphatic hydroxyl groups excluding tert-OH is 1. The molecule has 23 heavy (non-hydrogen) atoms. The summed E-state index contributed by atoms with van der Waals surface area (Å²) in [5, 5.41) is 20.4. The van der Waals surface area contributed by atoms with Crippen LogP contribution in [0.2, 0.25) is 0 Å². The van der Waals surface area contributed by atoms with Gasteiger partial charge in [-0.05, 0) is 48.1 Å². The van der Waals surface area contributed by atoms with Crippen molar-refractivity contribution in [1.82, 2.24) is 15.5 Å². The molecule has 1 atom stereocenters. The van der Waals surface area contributed by atoms with Crippen molar-refractivity contribution in [3.8, 4) is 0 Å². The second-order valence-corrected chi connectivity index (χ2v) is 7.11. The van der Waals surface area contributed by atoms with Crippen LogP contribution in [0.3, 0.4) is 0 Å². The van der Waals surface area contributed by atoms with Gasteiger partial charge in [-0.15, -0.1) is 0 Å². The molecule has 0 bridgehead atoms. The van der Waals surface area contributed by atoms with Gasteiger partial charge in [-0.3, -0.25) is 9.89 Å². The van der Waals surface area contributed by atoms with Crippen molar-refractivity contribution in [2.45, 2.75) is 39.3 Å². The van der Waals surface area contributed by atoms with Crippen LogP contribution < -0.4 is 10.6 Å². The van der Waals surface area contributed by atoms with Gasteiger partial charge in [0.1, 0.15) is 0 Å². The van der Waals surface area contributed by atoms with Gasteiger partial charge in [-0.2, -0.15) is 11.3 Å². The number of hydrogen-bond donors (Lipinski definition) is 3. The Morgan fingerprint density at radius 3 is 2.87 bits per heavy atom. The Labute approximate surface area is 143 Å². The van der Waals surface area contributed by atoms with Crippen LogP contribution in [0.4, 0.5) is 0 Å². The fourth-order valence-corrected chi connectivity index (χ4v) is 3.35. The highest BCUT2D eigenvalue weighted by Gasteiger charge is 2.20. The SMILES string of the molecule is CCNC(=NCC(C)CO)NC1CCN(Cc2ccsc2)CC1. The van der Waals surface area contributed by atoms with E-state index in [1.165, 1.54) is 5.56 Å². The average Bonchev–Trinajstić information content (AvgIpc) is 3.07. The Balaban J connectivity index is 1.76. The Kier molecular flexibility index (Phi) is 7.85. The summed E-state index contributed by atoms with van der Waals surface area (Å²) in [6.45, 7) is 9.10. The van der Waals surface area contributed by atoms with Crippen LogP contribution in [0.25, 0.3) is 0 Å². The number of thiophene rings is 1. The van der Waals surface area contributed by atoms with E-state index < -0.39 is 0 Å². The molecule has 1 aromatic rings. The molecule has 0 aliphatic carbocycles. The normalized spacial score (nSPS) is 18.8. The third-order valence-electron chi connectivity index (χ3n) is 4.13. The number of guanidine groups is 1. The van der Waals surface area contributed by atoms with Crippen molar-refractivity contribution < 1.29 is 5.11 Å². The first kappa shape index (κ1) is 18.2. The summed E-state index contributed by atoms with van der Waals surface area (Å²) in [5.41, 5.74) is 1.43. The Morgan fingerprint density at radius 1 is 1.48 bits per heavy atom. The second-order valence-electron chi connectivity index (χ2n) is 6.33. The molecule has 0 spiro atoms. The van der Waals surface area contributed by atoms with Crippen molar-refractivity contribution in [2.24, 2.45) is 10.9 Å². The zero-order valence-corrected chi connectivity index (χ0v) is 15.1. The van der Waals surface area contributed by atoms with E-state index in [9.17, 15) is 0 Å². The Morgan fingerprint density at radius 2 is 2.26 bits per heavy atom. The van der Waals surface area contributed by atoms with Gasteiger partial charge in [0.25, 0.3) is 0 Å². The molecule has 3 N–H and O–H groups in total. The summed E-state index contributed by atoms with van der Waals surface area (Å²) in [5.74, 6) is 1.09. The zero-order chi connectivity index (χ0) is 16.5. The van der Waals surface area contributed by atoms with Gasteiger partial charge in [-0.25, -0.2) is 0 Å². The average molecular weight is 339 g/mol. The standard InChI is InChI=1S/C17H30N4OS/c1-3-18-17(19-10-14(2)12-22)20-16-4-7-21(8-5-16)11-15-6-9-23-13-15/h6,9,13-14,16,22H,3-5,7-8,10-12H2,1-2H3,(H2,18,19,20). The van der Waals surface area contributed by atoms with Crippen LogP contribution in [-0.4, -0.2) is 54.8 Å². The van der Waals surface area contributed by atoms with E-state index in [0.29, 0.717) is 12.6 Å². The van der Waals surface area contributed by atoms with E-state index in [2.05, 4.69) is 44.3 Å². The van der Waals surface area contributed by atoms with Gasteiger partial charge in [0.05, 0.1) is 0 Å². The van der Waals surface area contributed by atoms with Crippen LogP contribution >= 0.6 is 11.3 Å². The highest BCUT2D eigenvalue weighted by atomic mass is 32.1. The molecule has 0 radical (unpaired) electrons. The minimum Gasteiger partial charge on any atom is -0.396 e. The highest BCUT2D eigenvalue weighted by Crippen LogP contribution is 2.15. The van der Waals surface area contributed by atoms with E-state index in [0.717, 1.165) is 45.0 Å². The molecule has 0 aromatic carbocycles. The third kappa shape index (κ3) is 6.49. The fraction of sp³-hybridized carbons (Fsp3) is 0.706. The molecule has 2 rings (SSSR count). The van der Waals surface area contributed by atoms with Crippen LogP contribution in [0.5, 0.6) is 0 Å². The van der Waals surface area contributed by atoms with Gasteiger partial charge in [-0.1, -0.05) is 6.92 Å². The minimum absolute atomic E-state index is 0.184. The molecule has 5 nitrogen and oxygen atoms in total. The molecular formula is C17H30N4OS. The number of nitrogens with zero attached hydrogens (tertiary/aromatic N) is 2. The summed E-state index contributed by atoms with van der Waals surface area (Å²) in [6.07, 6.45) is 2.29. The quantitative estimate of drug-likeness (QED) is 0.525. The maximum Gasteiger partial charge on any atom is 0.191 e. The van der Waals surface area contributed by atoms with Crippen LogP contribution in [0.1, 0.15) is 32.3 Å². The molecule has 1 aliphatic rings. The summed E-state index contributed by atoms with van der Waals surface area (Å²) in [4.78, 5) is 7.11. The van der Waals surface area contributed by atoms with Crippen molar-refractivity contribution >= 4 is 17.3 Å². The van der Waals surface area contributed by atoms with Crippen LogP contribution in [-0.2, 0) is 6.54 Å². The fourth-order valence-electron chi connectivity index (χ4n) is 2.69. The predicted molar refractivity (Wildman–Crippen MR) is 98.0 cm³/mol. The number of hydrogen-bond acceptors (Lipinski definition) is 4. The Hall–Kier alpha value is -1.11. The number of aliphatic hydroxyl groups is 1. The van der Waals surface area contributed by atoms with Crippen LogP contribution in [0.15, 0.2) is 21.8 Å². The molecule has 1 saturated heterocycles. The Bertz CT molecular complexity index is 455. The van der Waals surface area contributed by atoms with Crippen molar-refractivity contribution in [3.05, 3.63) is 22.4 Å². The molecule has 1 unspecified atom stereocenters. The zero-order valence-electron chi connectivity index (χ0n) is 14.3. The first-order valence-electron chi connectivity index (χ1n) is 8.60. The highest BCUT2D eigenvalue weighted by molar-refractivity contribution is 7.07. The lowest BCUT2D eigenvalue weighted by Crippen LogP contribution is -2.48. The van der Waals surface area contributed by atoms with E-state index in [-0.39, 0.29) is 12.5 Å². The number of nitrogens with one attached hydrogen (secondary N) is 2. The van der Waals surface area contributed by atoms with E-state index in [4.69, 9.17) is 5.11 Å². The molecule has 2 heterocycles. The number of aliphatic imine (C=N–C) groups is 1. The summed E-state index contributed by atoms with van der Waals surface area (Å²) in [6, 6.07) is 2.70. The van der Waals surface area contributed by atoms with Gasteiger partial charge in [0.15, 0.2) is 5.96 Å². The summed E-state index contributed by atoms with van der Waals surface area (Å²) < 4.78 is 0. The van der Waals surface area contributed by atoms with Crippen molar-refractivity contribution in [3.63, 3.8) is 0 Å². The smallest absolute Gasteiger partial charge is 0.191 e. The lowest BCUT2D eigenvalue weighted by molar-refractivity contribution is 0.198. The summed E-state index contributed by atoms with van der Waals surface area (Å²) >= 11 is 1.77. The number of likely N-dealkylation sites (tertiary alicyclic amines) is 1. The molecule has 1 aromatic heterocycles. The van der Waals surface area contributed by atoms with Crippen molar-refractivity contribution in [2.75, 3.05) is 32.8 Å². The monoisotopic (exact) mass is 338 g/mol. The van der Waals surface area contributed by atoms with E-state index >= 15 is 0 Å². The second kappa shape index (κ2) is 9.90. The molecular weight excluding hydrogens is 308 g/mol. The third-order valence-corrected chi connectivity index (χ3v) is 4.86. The van der Waals surface area contributed by atoms with Gasteiger partial charge in [0.2, 0.25) is 0 Å². The lowest BCUT2D eigenvalue weighted by Gasteiger charge is -2.33. The molecule has 0 amide bonds. The first-order valence-corrected chi connectivity index (χ1v) is 9.54. The van der Waals surface area contributed by atoms with Crippen LogP contribution in [0, 0.1) is 5.92 Å². The maximum absolute atomic E-state index is 9.12. The number of rotatable bonds is 7. The van der Waals surface area contributed by atoms with Gasteiger partial charge < -0.3 is 15.7 Å². The molecule has 130 valence electrons. The molecule has 0 saturated carbocycles. The minimum atomic E-state index is 0.184. The topological polar surface area (TPSA) is 59.9 Å². The lowest BCUT2D eigenvalue weighted by atomic mass is 10.0. The predicted octanol–water partition coefficient (Wildman–Crippen LogP) is 1.90. The molecule has 1 aliphatic heterocycles. The van der Waals surface area contributed by atoms with Gasteiger partial charge >= 0.3 is 0 Å². The van der Waals surface area contributed by atoms with Gasteiger partial charge in [0, 0.05) is 45.4 Å². The first-order chi connectivity index (χ1) is 11.2. The van der Waals surface area contributed by atoms with E-state index in [1.807, 2.05) is 6.92 Å². The largest absolute Gasteiger partial charge is 0.396 e. The molecule has 1 fully saturated rings. The van der Waals surface area contributed by atoms with E-state index in [1.54, 1.807) is 11.3 Å². The summed E-state index contributed by atoms with van der Waals surface area (Å²) in [7, 11) is 0. The molecule has 6 heteroatoms. The van der Waals surface area contributed by atoms with Crippen molar-refractivity contribution in [1.29, 1.82) is 0 Å².